The molecule has 6 heteroatoms. The average Bonchev–Trinajstić information content (AvgIpc) is 2.94. The minimum atomic E-state index is 0.398. The maximum Gasteiger partial charge on any atom is 0.189 e. The van der Waals surface area contributed by atoms with Crippen molar-refractivity contribution in [3.05, 3.63) is 42.5 Å². The lowest BCUT2D eigenvalue weighted by Crippen LogP contribution is -2.33. The van der Waals surface area contributed by atoms with Gasteiger partial charge in [-0.15, -0.1) is 10.2 Å². The zero-order valence-corrected chi connectivity index (χ0v) is 12.5. The van der Waals surface area contributed by atoms with Crippen molar-refractivity contribution in [2.45, 2.75) is 26.8 Å². The number of aromatic nitrogens is 3. The number of benzene rings is 1. The number of hydrogen-bond donors (Lipinski definition) is 2. The third-order valence-electron chi connectivity index (χ3n) is 3.07. The number of guanidine groups is 1. The molecule has 2 aromatic rings. The van der Waals surface area contributed by atoms with Crippen LogP contribution in [0.25, 0.3) is 5.69 Å². The summed E-state index contributed by atoms with van der Waals surface area (Å²) in [7, 11) is 0. The Hall–Kier alpha value is -2.37. The molecule has 0 saturated heterocycles. The summed E-state index contributed by atoms with van der Waals surface area (Å²) >= 11 is 0. The van der Waals surface area contributed by atoms with Gasteiger partial charge in [-0.25, -0.2) is 4.99 Å². The highest BCUT2D eigenvalue weighted by Gasteiger charge is 2.05. The van der Waals surface area contributed by atoms with Crippen molar-refractivity contribution < 1.29 is 0 Å². The van der Waals surface area contributed by atoms with Gasteiger partial charge in [-0.3, -0.25) is 4.57 Å². The van der Waals surface area contributed by atoms with Crippen LogP contribution in [-0.2, 0) is 6.54 Å². The van der Waals surface area contributed by atoms with Crippen LogP contribution in [0.15, 0.2) is 41.7 Å². The first kappa shape index (κ1) is 15.0. The molecule has 112 valence electrons. The number of nitrogens with zero attached hydrogens (tertiary/aromatic N) is 4. The molecular formula is C15H22N6. The highest BCUT2D eigenvalue weighted by Crippen LogP contribution is 2.09. The van der Waals surface area contributed by atoms with E-state index in [1.165, 1.54) is 0 Å². The van der Waals surface area contributed by atoms with E-state index in [1.807, 2.05) is 34.9 Å². The smallest absolute Gasteiger partial charge is 0.189 e. The molecule has 3 N–H and O–H groups in total. The van der Waals surface area contributed by atoms with E-state index in [0.29, 0.717) is 18.4 Å². The third kappa shape index (κ3) is 4.59. The van der Waals surface area contributed by atoms with Crippen molar-refractivity contribution in [2.24, 2.45) is 16.6 Å². The Kier molecular flexibility index (Phi) is 5.31. The Morgan fingerprint density at radius 2 is 2.10 bits per heavy atom. The van der Waals surface area contributed by atoms with Crippen LogP contribution in [0.1, 0.15) is 26.1 Å². The lowest BCUT2D eigenvalue weighted by Gasteiger charge is -2.08. The summed E-state index contributed by atoms with van der Waals surface area (Å²) in [5.74, 6) is 1.85. The Morgan fingerprint density at radius 1 is 1.33 bits per heavy atom. The highest BCUT2D eigenvalue weighted by atomic mass is 15.3. The summed E-state index contributed by atoms with van der Waals surface area (Å²) in [6.07, 6.45) is 2.75. The van der Waals surface area contributed by atoms with E-state index in [4.69, 9.17) is 5.73 Å². The van der Waals surface area contributed by atoms with Gasteiger partial charge in [0.15, 0.2) is 11.8 Å². The van der Waals surface area contributed by atoms with Crippen molar-refractivity contribution in [1.82, 2.24) is 20.1 Å². The van der Waals surface area contributed by atoms with Gasteiger partial charge >= 0.3 is 0 Å². The van der Waals surface area contributed by atoms with Crippen LogP contribution in [0.2, 0.25) is 0 Å². The van der Waals surface area contributed by atoms with Gasteiger partial charge in [0.1, 0.15) is 12.9 Å². The first-order chi connectivity index (χ1) is 10.2. The maximum atomic E-state index is 5.85. The summed E-state index contributed by atoms with van der Waals surface area (Å²) in [6, 6.07) is 9.93. The summed E-state index contributed by atoms with van der Waals surface area (Å²) in [5, 5.41) is 11.1. The van der Waals surface area contributed by atoms with Gasteiger partial charge < -0.3 is 11.1 Å². The summed E-state index contributed by atoms with van der Waals surface area (Å²) in [6.45, 7) is 5.59. The Bertz CT molecular complexity index is 573. The maximum absolute atomic E-state index is 5.85. The van der Waals surface area contributed by atoms with Crippen molar-refractivity contribution >= 4 is 5.96 Å². The van der Waals surface area contributed by atoms with E-state index in [-0.39, 0.29) is 0 Å². The number of rotatable bonds is 6. The van der Waals surface area contributed by atoms with Gasteiger partial charge in [-0.2, -0.15) is 0 Å². The number of nitrogens with one attached hydrogen (secondary N) is 1. The number of aliphatic imine (C=N–C) groups is 1. The standard InChI is InChI=1S/C15H22N6/c1-12(2)8-9-17-15(16)18-10-14-20-19-11-21(14)13-6-4-3-5-7-13/h3-7,11-12H,8-10H2,1-2H3,(H3,16,17,18). The number of nitrogens with two attached hydrogens (primary N) is 1. The molecule has 0 aliphatic heterocycles. The molecule has 2 rings (SSSR count). The highest BCUT2D eigenvalue weighted by molar-refractivity contribution is 5.77. The Labute approximate surface area is 125 Å². The van der Waals surface area contributed by atoms with Crippen molar-refractivity contribution in [2.75, 3.05) is 6.54 Å². The van der Waals surface area contributed by atoms with Gasteiger partial charge in [0.05, 0.1) is 0 Å². The molecule has 0 unspecified atom stereocenters. The minimum Gasteiger partial charge on any atom is -0.370 e. The third-order valence-corrected chi connectivity index (χ3v) is 3.07. The lowest BCUT2D eigenvalue weighted by molar-refractivity contribution is 0.576. The molecular weight excluding hydrogens is 264 g/mol. The predicted molar refractivity (Wildman–Crippen MR) is 84.1 cm³/mol. The molecule has 0 radical (unpaired) electrons. The number of hydrogen-bond acceptors (Lipinski definition) is 3. The fourth-order valence-corrected chi connectivity index (χ4v) is 1.87. The molecule has 1 aromatic heterocycles. The molecule has 0 amide bonds. The Morgan fingerprint density at radius 3 is 2.81 bits per heavy atom. The van der Waals surface area contributed by atoms with E-state index in [0.717, 1.165) is 24.5 Å². The molecule has 1 heterocycles. The van der Waals surface area contributed by atoms with Gasteiger partial charge in [0.25, 0.3) is 0 Å². The second-order valence-corrected chi connectivity index (χ2v) is 5.26. The molecule has 0 aliphatic carbocycles. The van der Waals surface area contributed by atoms with Gasteiger partial charge in [-0.05, 0) is 24.5 Å². The summed E-state index contributed by atoms with van der Waals surface area (Å²) < 4.78 is 1.91. The second kappa shape index (κ2) is 7.42. The van der Waals surface area contributed by atoms with E-state index in [1.54, 1.807) is 6.33 Å². The van der Waals surface area contributed by atoms with Crippen LogP contribution in [0.4, 0.5) is 0 Å². The molecule has 6 nitrogen and oxygen atoms in total. The molecule has 21 heavy (non-hydrogen) atoms. The van der Waals surface area contributed by atoms with Crippen LogP contribution in [-0.4, -0.2) is 27.3 Å². The summed E-state index contributed by atoms with van der Waals surface area (Å²) in [5.41, 5.74) is 6.86. The van der Waals surface area contributed by atoms with Gasteiger partial charge in [0, 0.05) is 12.2 Å². The molecule has 0 aliphatic rings. The minimum absolute atomic E-state index is 0.398. The fourth-order valence-electron chi connectivity index (χ4n) is 1.87. The van der Waals surface area contributed by atoms with Gasteiger partial charge in [0.2, 0.25) is 0 Å². The fraction of sp³-hybridized carbons (Fsp3) is 0.400. The van der Waals surface area contributed by atoms with Crippen molar-refractivity contribution in [3.8, 4) is 5.69 Å². The SMILES string of the molecule is CC(C)CCNC(N)=NCc1nncn1-c1ccccc1. The van der Waals surface area contributed by atoms with Crippen LogP contribution in [0, 0.1) is 5.92 Å². The largest absolute Gasteiger partial charge is 0.370 e. The van der Waals surface area contributed by atoms with Crippen LogP contribution in [0.3, 0.4) is 0 Å². The molecule has 0 fully saturated rings. The van der Waals surface area contributed by atoms with Crippen molar-refractivity contribution in [1.29, 1.82) is 0 Å². The molecule has 1 aromatic carbocycles. The monoisotopic (exact) mass is 286 g/mol. The van der Waals surface area contributed by atoms with E-state index in [9.17, 15) is 0 Å². The molecule has 0 atom stereocenters. The van der Waals surface area contributed by atoms with E-state index in [2.05, 4.69) is 34.4 Å². The number of para-hydroxylation sites is 1. The first-order valence-corrected chi connectivity index (χ1v) is 7.15. The van der Waals surface area contributed by atoms with Gasteiger partial charge in [-0.1, -0.05) is 32.0 Å². The molecule has 0 saturated carbocycles. The molecule has 0 spiro atoms. The zero-order valence-electron chi connectivity index (χ0n) is 12.5. The topological polar surface area (TPSA) is 81.1 Å². The van der Waals surface area contributed by atoms with Crippen LogP contribution in [0.5, 0.6) is 0 Å². The predicted octanol–water partition coefficient (Wildman–Crippen LogP) is 1.72. The normalized spacial score (nSPS) is 11.9. The molecule has 0 bridgehead atoms. The quantitative estimate of drug-likeness (QED) is 0.626. The van der Waals surface area contributed by atoms with E-state index < -0.39 is 0 Å². The van der Waals surface area contributed by atoms with Crippen LogP contribution < -0.4 is 11.1 Å². The van der Waals surface area contributed by atoms with Crippen LogP contribution >= 0.6 is 0 Å². The first-order valence-electron chi connectivity index (χ1n) is 7.15. The lowest BCUT2D eigenvalue weighted by atomic mass is 10.1. The van der Waals surface area contributed by atoms with Crippen molar-refractivity contribution in [3.63, 3.8) is 0 Å². The average molecular weight is 286 g/mol. The van der Waals surface area contributed by atoms with E-state index >= 15 is 0 Å². The summed E-state index contributed by atoms with van der Waals surface area (Å²) in [4.78, 5) is 4.31. The second-order valence-electron chi connectivity index (χ2n) is 5.26. The zero-order chi connectivity index (χ0) is 15.1. The Balaban J connectivity index is 1.96.